The highest BCUT2D eigenvalue weighted by molar-refractivity contribution is 5.85. The molecule has 0 bridgehead atoms. The van der Waals surface area contributed by atoms with Gasteiger partial charge in [-0.25, -0.2) is 0 Å². The van der Waals surface area contributed by atoms with E-state index in [1.807, 2.05) is 11.0 Å². The van der Waals surface area contributed by atoms with Crippen molar-refractivity contribution in [3.8, 4) is 0 Å². The summed E-state index contributed by atoms with van der Waals surface area (Å²) >= 11 is 0. The number of nitrogens with zero attached hydrogens (tertiary/aromatic N) is 1. The van der Waals surface area contributed by atoms with Crippen LogP contribution in [0.1, 0.15) is 35.4 Å². The molecule has 1 N–H and O–H groups in total. The summed E-state index contributed by atoms with van der Waals surface area (Å²) in [6, 6.07) is 19.1. The molecule has 1 fully saturated rings. The molecule has 1 aliphatic heterocycles. The predicted octanol–water partition coefficient (Wildman–Crippen LogP) is 3.58. The Morgan fingerprint density at radius 1 is 1.04 bits per heavy atom. The Morgan fingerprint density at radius 3 is 2.52 bits per heavy atom. The smallest absolute Gasteiger partial charge is 0.236 e. The van der Waals surface area contributed by atoms with Crippen molar-refractivity contribution in [2.75, 3.05) is 19.6 Å². The van der Waals surface area contributed by atoms with Crippen molar-refractivity contribution in [1.29, 1.82) is 0 Å². The summed E-state index contributed by atoms with van der Waals surface area (Å²) in [5.74, 6) is 1.28. The van der Waals surface area contributed by atoms with Crippen LogP contribution in [0.5, 0.6) is 0 Å². The third-order valence-corrected chi connectivity index (χ3v) is 5.16. The SMILES string of the molecule is Cl.O=C(CNCC1CC1)N1Cc2ccccc2C(c2ccccc2)C1. The molecule has 3 nitrogen and oxygen atoms in total. The lowest BCUT2D eigenvalue weighted by Gasteiger charge is -2.35. The lowest BCUT2D eigenvalue weighted by molar-refractivity contribution is -0.131. The molecule has 1 saturated carbocycles. The highest BCUT2D eigenvalue weighted by Crippen LogP contribution is 2.33. The Morgan fingerprint density at radius 2 is 1.76 bits per heavy atom. The Bertz CT molecular complexity index is 715. The predicted molar refractivity (Wildman–Crippen MR) is 103 cm³/mol. The zero-order chi connectivity index (χ0) is 16.4. The first-order chi connectivity index (χ1) is 11.8. The molecule has 0 saturated heterocycles. The number of carbonyl (C=O) groups excluding carboxylic acids is 1. The van der Waals surface area contributed by atoms with Gasteiger partial charge in [0.05, 0.1) is 6.54 Å². The molecule has 2 aromatic carbocycles. The maximum Gasteiger partial charge on any atom is 0.236 e. The van der Waals surface area contributed by atoms with Crippen LogP contribution in [0, 0.1) is 5.92 Å². The number of nitrogens with one attached hydrogen (secondary N) is 1. The van der Waals surface area contributed by atoms with E-state index in [0.717, 1.165) is 25.6 Å². The van der Waals surface area contributed by atoms with Crippen LogP contribution >= 0.6 is 12.4 Å². The fourth-order valence-electron chi connectivity index (χ4n) is 3.58. The summed E-state index contributed by atoms with van der Waals surface area (Å²) in [5.41, 5.74) is 3.92. The van der Waals surface area contributed by atoms with Crippen LogP contribution in [-0.2, 0) is 11.3 Å². The first-order valence-corrected chi connectivity index (χ1v) is 8.92. The van der Waals surface area contributed by atoms with E-state index < -0.39 is 0 Å². The average Bonchev–Trinajstić information content (AvgIpc) is 3.46. The highest BCUT2D eigenvalue weighted by Gasteiger charge is 2.29. The fraction of sp³-hybridized carbons (Fsp3) is 0.381. The lowest BCUT2D eigenvalue weighted by Crippen LogP contribution is -2.43. The van der Waals surface area contributed by atoms with Crippen LogP contribution in [0.3, 0.4) is 0 Å². The quantitative estimate of drug-likeness (QED) is 0.888. The van der Waals surface area contributed by atoms with Crippen LogP contribution < -0.4 is 5.32 Å². The summed E-state index contributed by atoms with van der Waals surface area (Å²) in [6.07, 6.45) is 2.63. The molecule has 25 heavy (non-hydrogen) atoms. The first-order valence-electron chi connectivity index (χ1n) is 8.92. The minimum atomic E-state index is 0. The standard InChI is InChI=1S/C21H24N2O.ClH/c24-21(13-22-12-16-10-11-16)23-14-18-8-4-5-9-19(18)20(15-23)17-6-2-1-3-7-17;/h1-9,16,20,22H,10-15H2;1H. The number of amides is 1. The molecule has 0 radical (unpaired) electrons. The molecule has 4 rings (SSSR count). The number of benzene rings is 2. The van der Waals surface area contributed by atoms with Crippen LogP contribution in [0.25, 0.3) is 0 Å². The maximum atomic E-state index is 12.7. The van der Waals surface area contributed by atoms with Crippen LogP contribution in [0.15, 0.2) is 54.6 Å². The van der Waals surface area contributed by atoms with Gasteiger partial charge < -0.3 is 10.2 Å². The Kier molecular flexibility index (Phi) is 5.77. The van der Waals surface area contributed by atoms with E-state index in [9.17, 15) is 4.79 Å². The molecule has 1 unspecified atom stereocenters. The first kappa shape index (κ1) is 18.0. The summed E-state index contributed by atoms with van der Waals surface area (Å²) in [4.78, 5) is 14.7. The van der Waals surface area contributed by atoms with Gasteiger partial charge in [0.2, 0.25) is 5.91 Å². The largest absolute Gasteiger partial charge is 0.336 e. The van der Waals surface area contributed by atoms with Crippen molar-refractivity contribution in [3.05, 3.63) is 71.3 Å². The summed E-state index contributed by atoms with van der Waals surface area (Å²) in [5, 5.41) is 3.33. The van der Waals surface area contributed by atoms with Crippen LogP contribution in [0.4, 0.5) is 0 Å². The van der Waals surface area contributed by atoms with E-state index in [2.05, 4.69) is 53.8 Å². The molecule has 1 atom stereocenters. The lowest BCUT2D eigenvalue weighted by atomic mass is 9.84. The number of carbonyl (C=O) groups is 1. The maximum absolute atomic E-state index is 12.7. The van der Waals surface area contributed by atoms with E-state index in [1.54, 1.807) is 0 Å². The second-order valence-corrected chi connectivity index (χ2v) is 7.01. The average molecular weight is 357 g/mol. The number of hydrogen-bond acceptors (Lipinski definition) is 2. The van der Waals surface area contributed by atoms with Crippen molar-refractivity contribution in [3.63, 3.8) is 0 Å². The second kappa shape index (κ2) is 8.03. The molecule has 1 amide bonds. The molecule has 132 valence electrons. The zero-order valence-electron chi connectivity index (χ0n) is 14.4. The van der Waals surface area contributed by atoms with Crippen molar-refractivity contribution in [2.45, 2.75) is 25.3 Å². The van der Waals surface area contributed by atoms with Crippen LogP contribution in [0.2, 0.25) is 0 Å². The Balaban J connectivity index is 0.00000182. The van der Waals surface area contributed by atoms with E-state index in [-0.39, 0.29) is 24.2 Å². The van der Waals surface area contributed by atoms with Gasteiger partial charge in [-0.1, -0.05) is 54.6 Å². The van der Waals surface area contributed by atoms with E-state index in [4.69, 9.17) is 0 Å². The van der Waals surface area contributed by atoms with Gasteiger partial charge in [-0.2, -0.15) is 0 Å². The van der Waals surface area contributed by atoms with Crippen molar-refractivity contribution in [2.24, 2.45) is 5.92 Å². The highest BCUT2D eigenvalue weighted by atomic mass is 35.5. The van der Waals surface area contributed by atoms with E-state index in [1.165, 1.54) is 29.5 Å². The summed E-state index contributed by atoms with van der Waals surface area (Å²) < 4.78 is 0. The number of hydrogen-bond donors (Lipinski definition) is 1. The Labute approximate surface area is 155 Å². The van der Waals surface area contributed by atoms with Crippen molar-refractivity contribution in [1.82, 2.24) is 10.2 Å². The number of halogens is 1. The van der Waals surface area contributed by atoms with Gasteiger partial charge in [0.25, 0.3) is 0 Å². The molecule has 2 aromatic rings. The summed E-state index contributed by atoms with van der Waals surface area (Å²) in [7, 11) is 0. The van der Waals surface area contributed by atoms with Crippen LogP contribution in [-0.4, -0.2) is 30.4 Å². The number of rotatable bonds is 5. The molecule has 0 aromatic heterocycles. The van der Waals surface area contributed by atoms with Gasteiger partial charge in [0.1, 0.15) is 0 Å². The normalized spacial score (nSPS) is 19.0. The monoisotopic (exact) mass is 356 g/mol. The molecular weight excluding hydrogens is 332 g/mol. The van der Waals surface area contributed by atoms with Gasteiger partial charge in [-0.3, -0.25) is 4.79 Å². The van der Waals surface area contributed by atoms with Crippen molar-refractivity contribution >= 4 is 18.3 Å². The minimum absolute atomic E-state index is 0. The molecule has 0 spiro atoms. The van der Waals surface area contributed by atoms with Gasteiger partial charge in [-0.15, -0.1) is 12.4 Å². The van der Waals surface area contributed by atoms with Gasteiger partial charge >= 0.3 is 0 Å². The molecule has 1 heterocycles. The van der Waals surface area contributed by atoms with Crippen molar-refractivity contribution < 1.29 is 4.79 Å². The third kappa shape index (κ3) is 4.23. The van der Waals surface area contributed by atoms with E-state index in [0.29, 0.717) is 6.54 Å². The second-order valence-electron chi connectivity index (χ2n) is 7.01. The Hall–Kier alpha value is -1.84. The van der Waals surface area contributed by atoms with Gasteiger partial charge in [-0.05, 0) is 42.0 Å². The van der Waals surface area contributed by atoms with Gasteiger partial charge in [0.15, 0.2) is 0 Å². The fourth-order valence-corrected chi connectivity index (χ4v) is 3.58. The summed E-state index contributed by atoms with van der Waals surface area (Å²) in [6.45, 7) is 2.94. The molecule has 1 aliphatic carbocycles. The van der Waals surface area contributed by atoms with Gasteiger partial charge in [0, 0.05) is 19.0 Å². The zero-order valence-corrected chi connectivity index (χ0v) is 15.2. The number of fused-ring (bicyclic) bond motifs is 1. The topological polar surface area (TPSA) is 32.3 Å². The van der Waals surface area contributed by atoms with E-state index >= 15 is 0 Å². The molecule has 4 heteroatoms. The minimum Gasteiger partial charge on any atom is -0.336 e. The molecular formula is C21H25ClN2O. The third-order valence-electron chi connectivity index (χ3n) is 5.16. The molecule has 2 aliphatic rings.